The van der Waals surface area contributed by atoms with Gasteiger partial charge in [0.1, 0.15) is 0 Å². The van der Waals surface area contributed by atoms with E-state index in [0.717, 1.165) is 12.8 Å². The first kappa shape index (κ1) is 14.3. The van der Waals surface area contributed by atoms with E-state index in [1.807, 2.05) is 0 Å². The second-order valence-corrected chi connectivity index (χ2v) is 6.79. The lowest BCUT2D eigenvalue weighted by atomic mass is 9.93. The Morgan fingerprint density at radius 2 is 2.00 bits per heavy atom. The van der Waals surface area contributed by atoms with E-state index in [1.165, 1.54) is 6.07 Å². The fourth-order valence-electron chi connectivity index (χ4n) is 2.42. The highest BCUT2D eigenvalue weighted by atomic mass is 32.2. The number of hydrogen-bond donors (Lipinski definition) is 3. The Hall–Kier alpha value is -1.11. The van der Waals surface area contributed by atoms with Crippen LogP contribution in [0.4, 0.5) is 5.69 Å². The van der Waals surface area contributed by atoms with Gasteiger partial charge in [0.25, 0.3) is 0 Å². The Balaban J connectivity index is 2.24. The van der Waals surface area contributed by atoms with Crippen LogP contribution < -0.4 is 10.5 Å². The molecule has 0 heterocycles. The Morgan fingerprint density at radius 3 is 2.68 bits per heavy atom. The van der Waals surface area contributed by atoms with Gasteiger partial charge in [-0.05, 0) is 37.5 Å². The highest BCUT2D eigenvalue weighted by molar-refractivity contribution is 7.89. The van der Waals surface area contributed by atoms with E-state index in [2.05, 4.69) is 4.72 Å². The summed E-state index contributed by atoms with van der Waals surface area (Å²) in [5.41, 5.74) is 6.70. The van der Waals surface area contributed by atoms with Crippen molar-refractivity contribution in [2.45, 2.75) is 49.6 Å². The van der Waals surface area contributed by atoms with Crippen molar-refractivity contribution in [2.24, 2.45) is 0 Å². The van der Waals surface area contributed by atoms with E-state index >= 15 is 0 Å². The quantitative estimate of drug-likeness (QED) is 0.726. The van der Waals surface area contributed by atoms with Gasteiger partial charge in [-0.3, -0.25) is 0 Å². The average molecular weight is 284 g/mol. The van der Waals surface area contributed by atoms with Crippen molar-refractivity contribution >= 4 is 15.7 Å². The van der Waals surface area contributed by atoms with E-state index < -0.39 is 22.2 Å². The fourth-order valence-corrected chi connectivity index (χ4v) is 4.00. The molecule has 4 N–H and O–H groups in total. The van der Waals surface area contributed by atoms with Gasteiger partial charge in [0.05, 0.1) is 11.0 Å². The first-order valence-corrected chi connectivity index (χ1v) is 7.95. The third-order valence-corrected chi connectivity index (χ3v) is 5.17. The third kappa shape index (κ3) is 3.26. The van der Waals surface area contributed by atoms with Crippen LogP contribution in [0.5, 0.6) is 0 Å². The van der Waals surface area contributed by atoms with Crippen molar-refractivity contribution in [1.29, 1.82) is 0 Å². The largest absolute Gasteiger partial charge is 0.399 e. The standard InChI is InChI=1S/C13H20N2O3S/c1-9-6-7-10(14)8-13(9)19(17,18)15-11-4-2-3-5-12(11)16/h6-8,11-12,15-16H,2-5,14H2,1H3/t11-,12-/m0/s1. The topological polar surface area (TPSA) is 92.4 Å². The number of hydrogen-bond acceptors (Lipinski definition) is 4. The molecule has 0 saturated heterocycles. The molecule has 2 rings (SSSR count). The van der Waals surface area contributed by atoms with Gasteiger partial charge in [0, 0.05) is 11.7 Å². The van der Waals surface area contributed by atoms with Crippen LogP contribution in [-0.4, -0.2) is 25.7 Å². The minimum Gasteiger partial charge on any atom is -0.399 e. The van der Waals surface area contributed by atoms with Crippen molar-refractivity contribution in [3.63, 3.8) is 0 Å². The molecule has 1 fully saturated rings. The van der Waals surface area contributed by atoms with Crippen molar-refractivity contribution < 1.29 is 13.5 Å². The molecule has 0 aromatic heterocycles. The molecule has 0 amide bonds. The maximum Gasteiger partial charge on any atom is 0.241 e. The SMILES string of the molecule is Cc1ccc(N)cc1S(=O)(=O)N[C@H]1CCCC[C@@H]1O. The Kier molecular flexibility index (Phi) is 4.13. The van der Waals surface area contributed by atoms with Crippen LogP contribution in [0, 0.1) is 6.92 Å². The molecule has 2 atom stereocenters. The highest BCUT2D eigenvalue weighted by Crippen LogP contribution is 2.23. The summed E-state index contributed by atoms with van der Waals surface area (Å²) in [6.07, 6.45) is 2.58. The van der Waals surface area contributed by atoms with Crippen LogP contribution in [0.3, 0.4) is 0 Å². The van der Waals surface area contributed by atoms with E-state index in [9.17, 15) is 13.5 Å². The third-order valence-electron chi connectivity index (χ3n) is 3.54. The van der Waals surface area contributed by atoms with E-state index in [-0.39, 0.29) is 4.90 Å². The molecule has 0 spiro atoms. The first-order chi connectivity index (χ1) is 8.90. The van der Waals surface area contributed by atoms with Crippen LogP contribution in [-0.2, 0) is 10.0 Å². The number of aliphatic hydroxyl groups excluding tert-OH is 1. The van der Waals surface area contributed by atoms with Gasteiger partial charge >= 0.3 is 0 Å². The average Bonchev–Trinajstić information content (AvgIpc) is 2.35. The van der Waals surface area contributed by atoms with Crippen molar-refractivity contribution in [3.8, 4) is 0 Å². The zero-order valence-electron chi connectivity index (χ0n) is 11.0. The van der Waals surface area contributed by atoms with Gasteiger partial charge in [-0.1, -0.05) is 18.9 Å². The number of benzene rings is 1. The molecule has 1 aliphatic carbocycles. The number of nitrogens with one attached hydrogen (secondary N) is 1. The molecule has 6 heteroatoms. The highest BCUT2D eigenvalue weighted by Gasteiger charge is 2.28. The van der Waals surface area contributed by atoms with E-state index in [4.69, 9.17) is 5.73 Å². The van der Waals surface area contributed by atoms with E-state index in [1.54, 1.807) is 19.1 Å². The second kappa shape index (κ2) is 5.48. The lowest BCUT2D eigenvalue weighted by Gasteiger charge is -2.28. The van der Waals surface area contributed by atoms with Gasteiger partial charge in [0.15, 0.2) is 0 Å². The summed E-state index contributed by atoms with van der Waals surface area (Å²) in [6, 6.07) is 4.40. The monoisotopic (exact) mass is 284 g/mol. The van der Waals surface area contributed by atoms with Gasteiger partial charge in [0.2, 0.25) is 10.0 Å². The van der Waals surface area contributed by atoms with Gasteiger partial charge in [-0.25, -0.2) is 13.1 Å². The second-order valence-electron chi connectivity index (χ2n) is 5.10. The summed E-state index contributed by atoms with van der Waals surface area (Å²) >= 11 is 0. The summed E-state index contributed by atoms with van der Waals surface area (Å²) in [7, 11) is -3.64. The molecule has 0 radical (unpaired) electrons. The van der Waals surface area contributed by atoms with Crippen molar-refractivity contribution in [1.82, 2.24) is 4.72 Å². The predicted molar refractivity (Wildman–Crippen MR) is 74.2 cm³/mol. The lowest BCUT2D eigenvalue weighted by Crippen LogP contribution is -2.45. The zero-order valence-corrected chi connectivity index (χ0v) is 11.8. The minimum absolute atomic E-state index is 0.185. The molecule has 1 aromatic carbocycles. The summed E-state index contributed by atoms with van der Waals surface area (Å²) in [6.45, 7) is 1.73. The maximum absolute atomic E-state index is 12.3. The van der Waals surface area contributed by atoms with Gasteiger partial charge < -0.3 is 10.8 Å². The van der Waals surface area contributed by atoms with Crippen LogP contribution in [0.15, 0.2) is 23.1 Å². The Labute approximate surface area is 113 Å². The molecule has 19 heavy (non-hydrogen) atoms. The summed E-state index contributed by atoms with van der Waals surface area (Å²) in [4.78, 5) is 0.185. The predicted octanol–water partition coefficient (Wildman–Crippen LogP) is 1.16. The molecular formula is C13H20N2O3S. The molecular weight excluding hydrogens is 264 g/mol. The molecule has 0 aliphatic heterocycles. The summed E-state index contributed by atoms with van der Waals surface area (Å²) < 4.78 is 27.3. The summed E-state index contributed by atoms with van der Waals surface area (Å²) in [5, 5.41) is 9.85. The first-order valence-electron chi connectivity index (χ1n) is 6.46. The molecule has 106 valence electrons. The number of anilines is 1. The zero-order chi connectivity index (χ0) is 14.0. The maximum atomic E-state index is 12.3. The van der Waals surface area contributed by atoms with Crippen LogP contribution in [0.2, 0.25) is 0 Å². The van der Waals surface area contributed by atoms with Gasteiger partial charge in [-0.2, -0.15) is 0 Å². The van der Waals surface area contributed by atoms with Crippen molar-refractivity contribution in [2.75, 3.05) is 5.73 Å². The normalized spacial score (nSPS) is 24.3. The Bertz CT molecular complexity index is 557. The van der Waals surface area contributed by atoms with Crippen molar-refractivity contribution in [3.05, 3.63) is 23.8 Å². The molecule has 1 saturated carbocycles. The molecule has 0 bridgehead atoms. The van der Waals surface area contributed by atoms with Crippen LogP contribution >= 0.6 is 0 Å². The van der Waals surface area contributed by atoms with Crippen LogP contribution in [0.25, 0.3) is 0 Å². The van der Waals surface area contributed by atoms with Gasteiger partial charge in [-0.15, -0.1) is 0 Å². The smallest absolute Gasteiger partial charge is 0.241 e. The minimum atomic E-state index is -3.64. The molecule has 1 aromatic rings. The number of rotatable bonds is 3. The molecule has 1 aliphatic rings. The lowest BCUT2D eigenvalue weighted by molar-refractivity contribution is 0.101. The van der Waals surface area contributed by atoms with Crippen LogP contribution in [0.1, 0.15) is 31.2 Å². The number of nitrogens with two attached hydrogens (primary N) is 1. The number of aryl methyl sites for hydroxylation is 1. The fraction of sp³-hybridized carbons (Fsp3) is 0.538. The van der Waals surface area contributed by atoms with E-state index in [0.29, 0.717) is 24.1 Å². The number of sulfonamides is 1. The molecule has 5 nitrogen and oxygen atoms in total. The Morgan fingerprint density at radius 1 is 1.32 bits per heavy atom. The number of nitrogen functional groups attached to an aromatic ring is 1. The number of aliphatic hydroxyl groups is 1. The molecule has 0 unspecified atom stereocenters. The summed E-state index contributed by atoms with van der Waals surface area (Å²) in [5.74, 6) is 0.